The zero-order chi connectivity index (χ0) is 14.9. The lowest BCUT2D eigenvalue weighted by atomic mass is 10.0. The molecule has 108 valence electrons. The summed E-state index contributed by atoms with van der Waals surface area (Å²) in [6.07, 6.45) is 0. The Morgan fingerprint density at radius 1 is 1.50 bits per heavy atom. The molecule has 2 rings (SSSR count). The van der Waals surface area contributed by atoms with Gasteiger partial charge < -0.3 is 14.7 Å². The number of nitrogens with zero attached hydrogens (tertiary/aromatic N) is 2. The van der Waals surface area contributed by atoms with Crippen molar-refractivity contribution in [3.63, 3.8) is 0 Å². The third kappa shape index (κ3) is 2.57. The first-order valence-electron chi connectivity index (χ1n) is 6.20. The molecule has 7 nitrogen and oxygen atoms in total. The van der Waals surface area contributed by atoms with Crippen molar-refractivity contribution in [3.05, 3.63) is 33.9 Å². The van der Waals surface area contributed by atoms with Gasteiger partial charge in [0.1, 0.15) is 5.92 Å². The van der Waals surface area contributed by atoms with Crippen LogP contribution in [0.1, 0.15) is 5.56 Å². The number of hydrogen-bond acceptors (Lipinski definition) is 5. The first kappa shape index (κ1) is 14.3. The van der Waals surface area contributed by atoms with Gasteiger partial charge in [-0.15, -0.1) is 0 Å². The van der Waals surface area contributed by atoms with Crippen molar-refractivity contribution in [1.82, 2.24) is 0 Å². The minimum atomic E-state index is -0.891. The number of benzene rings is 1. The standard InChI is InChI=1S/C13H16N2O5/c1-8-5-9(3-4-11(8)15(18)19)14(2)12-7-20-6-10(12)13(16)17/h3-5,10,12H,6-7H2,1-2H3,(H,16,17). The van der Waals surface area contributed by atoms with Gasteiger partial charge in [0.05, 0.1) is 24.2 Å². The number of likely N-dealkylation sites (N-methyl/N-ethyl adjacent to an activating group) is 1. The number of carboxylic acid groups (broad SMARTS) is 1. The molecule has 0 bridgehead atoms. The molecular formula is C13H16N2O5. The molecule has 1 aromatic rings. The van der Waals surface area contributed by atoms with Crippen LogP contribution in [0.3, 0.4) is 0 Å². The fourth-order valence-electron chi connectivity index (χ4n) is 2.42. The molecule has 1 saturated heterocycles. The Labute approximate surface area is 115 Å². The second kappa shape index (κ2) is 5.46. The average molecular weight is 280 g/mol. The Morgan fingerprint density at radius 2 is 2.20 bits per heavy atom. The van der Waals surface area contributed by atoms with Crippen LogP contribution >= 0.6 is 0 Å². The largest absolute Gasteiger partial charge is 0.481 e. The fraction of sp³-hybridized carbons (Fsp3) is 0.462. The van der Waals surface area contributed by atoms with Crippen LogP contribution in [0.4, 0.5) is 11.4 Å². The summed E-state index contributed by atoms with van der Waals surface area (Å²) >= 11 is 0. The molecule has 0 spiro atoms. The Balaban J connectivity index is 2.25. The lowest BCUT2D eigenvalue weighted by molar-refractivity contribution is -0.385. The van der Waals surface area contributed by atoms with Crippen LogP contribution in [0.2, 0.25) is 0 Å². The molecule has 0 amide bonds. The topological polar surface area (TPSA) is 92.9 Å². The van der Waals surface area contributed by atoms with Gasteiger partial charge in [0, 0.05) is 24.4 Å². The number of rotatable bonds is 4. The molecule has 1 aliphatic rings. The van der Waals surface area contributed by atoms with Crippen LogP contribution in [0.15, 0.2) is 18.2 Å². The van der Waals surface area contributed by atoms with E-state index < -0.39 is 16.8 Å². The smallest absolute Gasteiger partial charge is 0.311 e. The van der Waals surface area contributed by atoms with Gasteiger partial charge in [-0.2, -0.15) is 0 Å². The van der Waals surface area contributed by atoms with Gasteiger partial charge in [-0.3, -0.25) is 14.9 Å². The molecule has 2 unspecified atom stereocenters. The highest BCUT2D eigenvalue weighted by molar-refractivity contribution is 5.72. The first-order valence-corrected chi connectivity index (χ1v) is 6.20. The molecule has 7 heteroatoms. The number of aliphatic carboxylic acids is 1. The summed E-state index contributed by atoms with van der Waals surface area (Å²) in [7, 11) is 1.77. The van der Waals surface area contributed by atoms with Crippen molar-refractivity contribution < 1.29 is 19.6 Å². The van der Waals surface area contributed by atoms with Crippen LogP contribution in [-0.2, 0) is 9.53 Å². The predicted octanol–water partition coefficient (Wildman–Crippen LogP) is 1.44. The summed E-state index contributed by atoms with van der Waals surface area (Å²) in [4.78, 5) is 23.3. The van der Waals surface area contributed by atoms with Crippen LogP contribution in [0, 0.1) is 23.0 Å². The Morgan fingerprint density at radius 3 is 2.75 bits per heavy atom. The maximum Gasteiger partial charge on any atom is 0.311 e. The molecular weight excluding hydrogens is 264 g/mol. The van der Waals surface area contributed by atoms with Crippen molar-refractivity contribution >= 4 is 17.3 Å². The average Bonchev–Trinajstić information content (AvgIpc) is 2.86. The molecule has 0 aromatic heterocycles. The van der Waals surface area contributed by atoms with Gasteiger partial charge in [-0.05, 0) is 19.1 Å². The van der Waals surface area contributed by atoms with Gasteiger partial charge in [0.15, 0.2) is 0 Å². The van der Waals surface area contributed by atoms with E-state index >= 15 is 0 Å². The maximum atomic E-state index is 11.2. The number of ether oxygens (including phenoxy) is 1. The van der Waals surface area contributed by atoms with Gasteiger partial charge in [-0.1, -0.05) is 0 Å². The van der Waals surface area contributed by atoms with E-state index in [0.717, 1.165) is 5.69 Å². The molecule has 0 aliphatic carbocycles. The summed E-state index contributed by atoms with van der Waals surface area (Å²) in [5, 5.41) is 19.9. The molecule has 2 atom stereocenters. The zero-order valence-electron chi connectivity index (χ0n) is 11.3. The molecule has 1 fully saturated rings. The summed E-state index contributed by atoms with van der Waals surface area (Å²) in [5.41, 5.74) is 1.35. The quantitative estimate of drug-likeness (QED) is 0.662. The van der Waals surface area contributed by atoms with E-state index in [0.29, 0.717) is 12.2 Å². The normalized spacial score (nSPS) is 21.7. The summed E-state index contributed by atoms with van der Waals surface area (Å²) in [5.74, 6) is -1.48. The van der Waals surface area contributed by atoms with Crippen molar-refractivity contribution in [2.45, 2.75) is 13.0 Å². The summed E-state index contributed by atoms with van der Waals surface area (Å²) < 4.78 is 5.24. The molecule has 0 saturated carbocycles. The van der Waals surface area contributed by atoms with E-state index in [9.17, 15) is 14.9 Å². The van der Waals surface area contributed by atoms with Crippen molar-refractivity contribution in [1.29, 1.82) is 0 Å². The number of carbonyl (C=O) groups is 1. The summed E-state index contributed by atoms with van der Waals surface area (Å²) in [6, 6.07) is 4.48. The molecule has 1 aliphatic heterocycles. The van der Waals surface area contributed by atoms with E-state index in [1.807, 2.05) is 4.90 Å². The number of aryl methyl sites for hydroxylation is 1. The number of nitro benzene ring substituents is 1. The van der Waals surface area contributed by atoms with Gasteiger partial charge in [-0.25, -0.2) is 0 Å². The monoisotopic (exact) mass is 280 g/mol. The van der Waals surface area contributed by atoms with E-state index in [2.05, 4.69) is 0 Å². The Bertz CT molecular complexity index is 546. The second-order valence-electron chi connectivity index (χ2n) is 4.89. The van der Waals surface area contributed by atoms with Crippen LogP contribution in [0.5, 0.6) is 0 Å². The third-order valence-electron chi connectivity index (χ3n) is 3.65. The van der Waals surface area contributed by atoms with Gasteiger partial charge in [0.25, 0.3) is 5.69 Å². The highest BCUT2D eigenvalue weighted by Crippen LogP contribution is 2.28. The third-order valence-corrected chi connectivity index (χ3v) is 3.65. The molecule has 20 heavy (non-hydrogen) atoms. The first-order chi connectivity index (χ1) is 9.41. The highest BCUT2D eigenvalue weighted by Gasteiger charge is 2.37. The van der Waals surface area contributed by atoms with Crippen molar-refractivity contribution in [2.75, 3.05) is 25.2 Å². The van der Waals surface area contributed by atoms with E-state index in [1.54, 1.807) is 26.1 Å². The minimum Gasteiger partial charge on any atom is -0.481 e. The molecule has 1 N–H and O–H groups in total. The zero-order valence-corrected chi connectivity index (χ0v) is 11.3. The lowest BCUT2D eigenvalue weighted by Crippen LogP contribution is -2.40. The summed E-state index contributed by atoms with van der Waals surface area (Å²) in [6.45, 7) is 2.19. The fourth-order valence-corrected chi connectivity index (χ4v) is 2.42. The van der Waals surface area contributed by atoms with Crippen molar-refractivity contribution in [3.8, 4) is 0 Å². The van der Waals surface area contributed by atoms with E-state index in [-0.39, 0.29) is 18.3 Å². The van der Waals surface area contributed by atoms with Crippen LogP contribution in [-0.4, -0.2) is 42.3 Å². The van der Waals surface area contributed by atoms with Crippen molar-refractivity contribution in [2.24, 2.45) is 5.92 Å². The SMILES string of the molecule is Cc1cc(N(C)C2COCC2C(=O)O)ccc1[N+](=O)[O-]. The highest BCUT2D eigenvalue weighted by atomic mass is 16.6. The number of hydrogen-bond donors (Lipinski definition) is 1. The molecule has 1 heterocycles. The van der Waals surface area contributed by atoms with Gasteiger partial charge in [0.2, 0.25) is 0 Å². The van der Waals surface area contributed by atoms with Crippen LogP contribution in [0.25, 0.3) is 0 Å². The number of anilines is 1. The Kier molecular flexibility index (Phi) is 3.89. The van der Waals surface area contributed by atoms with Gasteiger partial charge >= 0.3 is 5.97 Å². The molecule has 0 radical (unpaired) electrons. The maximum absolute atomic E-state index is 11.2. The van der Waals surface area contributed by atoms with E-state index in [4.69, 9.17) is 9.84 Å². The number of nitro groups is 1. The predicted molar refractivity (Wildman–Crippen MR) is 72.0 cm³/mol. The second-order valence-corrected chi connectivity index (χ2v) is 4.89. The minimum absolute atomic E-state index is 0.0552. The van der Waals surface area contributed by atoms with E-state index in [1.165, 1.54) is 6.07 Å². The lowest BCUT2D eigenvalue weighted by Gasteiger charge is -2.28. The Hall–Kier alpha value is -2.15. The van der Waals surface area contributed by atoms with Crippen LogP contribution < -0.4 is 4.90 Å². The molecule has 1 aromatic carbocycles. The number of carboxylic acids is 1.